The van der Waals surface area contributed by atoms with Gasteiger partial charge in [0.25, 0.3) is 0 Å². The van der Waals surface area contributed by atoms with Gasteiger partial charge in [0.1, 0.15) is 12.0 Å². The van der Waals surface area contributed by atoms with Crippen LogP contribution in [0.4, 0.5) is 21.8 Å². The third kappa shape index (κ3) is 5.13. The summed E-state index contributed by atoms with van der Waals surface area (Å²) >= 11 is 0. The molecule has 1 saturated carbocycles. The Hall–Kier alpha value is -2.81. The van der Waals surface area contributed by atoms with Crippen molar-refractivity contribution < 1.29 is 9.31 Å². The molecule has 0 radical (unpaired) electrons. The molecule has 28 heavy (non-hydrogen) atoms. The molecule has 0 atom stereocenters. The number of nitrogens with zero attached hydrogens (tertiary/aromatic N) is 3. The van der Waals surface area contributed by atoms with Crippen LogP contribution in [-0.4, -0.2) is 28.0 Å². The molecule has 1 aromatic carbocycles. The summed E-state index contributed by atoms with van der Waals surface area (Å²) in [4.78, 5) is 19.0. The molecule has 1 fully saturated rings. The molecule has 0 unspecified atom stereocenters. The quantitative estimate of drug-likeness (QED) is 0.469. The molecule has 1 aliphatic rings. The van der Waals surface area contributed by atoms with E-state index in [-0.39, 0.29) is 29.8 Å². The molecule has 8 nitrogen and oxygen atoms in total. The molecule has 0 amide bonds. The minimum atomic E-state index is -0.506. The minimum absolute atomic E-state index is 0.174. The van der Waals surface area contributed by atoms with Crippen molar-refractivity contribution in [3.63, 3.8) is 0 Å². The van der Waals surface area contributed by atoms with Crippen LogP contribution in [0.15, 0.2) is 30.5 Å². The van der Waals surface area contributed by atoms with Crippen LogP contribution >= 0.6 is 0 Å². The maximum Gasteiger partial charge on any atom is 0.329 e. The molecule has 3 rings (SSSR count). The van der Waals surface area contributed by atoms with Crippen molar-refractivity contribution >= 4 is 17.5 Å². The Labute approximate surface area is 162 Å². The molecule has 1 aromatic heterocycles. The fourth-order valence-corrected chi connectivity index (χ4v) is 3.45. The normalized spacial score (nSPS) is 19.2. The molecular formula is C19H25FN6O2. The predicted molar refractivity (Wildman–Crippen MR) is 105 cm³/mol. The molecule has 1 aliphatic carbocycles. The van der Waals surface area contributed by atoms with Gasteiger partial charge < -0.3 is 16.4 Å². The zero-order chi connectivity index (χ0) is 19.9. The molecule has 150 valence electrons. The third-order valence-corrected chi connectivity index (χ3v) is 5.22. The van der Waals surface area contributed by atoms with E-state index in [1.807, 2.05) is 0 Å². The second kappa shape index (κ2) is 9.41. The summed E-state index contributed by atoms with van der Waals surface area (Å²) in [6.45, 7) is 1.52. The van der Waals surface area contributed by atoms with E-state index in [9.17, 15) is 14.5 Å². The van der Waals surface area contributed by atoms with Crippen LogP contribution in [-0.2, 0) is 6.54 Å². The van der Waals surface area contributed by atoms with Gasteiger partial charge in [-0.3, -0.25) is 10.1 Å². The second-order valence-electron chi connectivity index (χ2n) is 7.13. The van der Waals surface area contributed by atoms with Crippen molar-refractivity contribution in [1.29, 1.82) is 0 Å². The fraction of sp³-hybridized carbons (Fsp3) is 0.474. The zero-order valence-electron chi connectivity index (χ0n) is 15.6. The van der Waals surface area contributed by atoms with Crippen molar-refractivity contribution in [2.24, 2.45) is 17.6 Å². The van der Waals surface area contributed by atoms with E-state index in [4.69, 9.17) is 5.73 Å². The standard InChI is InChI=1S/C19H25FN6O2/c20-16-4-2-1-3-15(16)11-23-19-24-12-17(26(27)28)18(25-19)22-10-14-7-5-13(9-21)6-8-14/h1-4,12-14H,5-11,21H2,(H2,22,23,24,25). The first-order valence-electron chi connectivity index (χ1n) is 9.49. The van der Waals surface area contributed by atoms with E-state index in [1.54, 1.807) is 18.2 Å². The Kier molecular flexibility index (Phi) is 6.70. The summed E-state index contributed by atoms with van der Waals surface area (Å²) in [5.74, 6) is 1.08. The highest BCUT2D eigenvalue weighted by atomic mass is 19.1. The van der Waals surface area contributed by atoms with E-state index in [0.717, 1.165) is 25.7 Å². The molecule has 2 aromatic rings. The Bertz CT molecular complexity index is 811. The number of nitrogens with two attached hydrogens (primary N) is 1. The van der Waals surface area contributed by atoms with Gasteiger partial charge in [-0.15, -0.1) is 0 Å². The van der Waals surface area contributed by atoms with Gasteiger partial charge in [-0.2, -0.15) is 4.98 Å². The summed E-state index contributed by atoms with van der Waals surface area (Å²) in [7, 11) is 0. The number of rotatable bonds is 8. The highest BCUT2D eigenvalue weighted by Gasteiger charge is 2.22. The minimum Gasteiger partial charge on any atom is -0.364 e. The molecule has 9 heteroatoms. The summed E-state index contributed by atoms with van der Waals surface area (Å²) in [5, 5.41) is 17.3. The lowest BCUT2D eigenvalue weighted by Crippen LogP contribution is -2.25. The van der Waals surface area contributed by atoms with Crippen LogP contribution in [0.5, 0.6) is 0 Å². The highest BCUT2D eigenvalue weighted by Crippen LogP contribution is 2.29. The Morgan fingerprint density at radius 2 is 1.89 bits per heavy atom. The SMILES string of the molecule is NCC1CCC(CNc2nc(NCc3ccccc3F)ncc2[N+](=O)[O-])CC1. The lowest BCUT2D eigenvalue weighted by Gasteiger charge is -2.27. The van der Waals surface area contributed by atoms with Gasteiger partial charge in [-0.05, 0) is 50.1 Å². The smallest absolute Gasteiger partial charge is 0.329 e. The van der Waals surface area contributed by atoms with E-state index in [0.29, 0.717) is 30.5 Å². The van der Waals surface area contributed by atoms with Crippen LogP contribution < -0.4 is 16.4 Å². The Morgan fingerprint density at radius 3 is 2.57 bits per heavy atom. The molecule has 1 heterocycles. The maximum absolute atomic E-state index is 13.7. The first-order chi connectivity index (χ1) is 13.6. The number of benzene rings is 1. The van der Waals surface area contributed by atoms with Crippen LogP contribution in [0.25, 0.3) is 0 Å². The average molecular weight is 388 g/mol. The molecular weight excluding hydrogens is 363 g/mol. The van der Waals surface area contributed by atoms with E-state index >= 15 is 0 Å². The van der Waals surface area contributed by atoms with E-state index in [1.165, 1.54) is 12.3 Å². The topological polar surface area (TPSA) is 119 Å². The number of aromatic nitrogens is 2. The molecule has 0 spiro atoms. The number of anilines is 2. The Morgan fingerprint density at radius 1 is 1.18 bits per heavy atom. The zero-order valence-corrected chi connectivity index (χ0v) is 15.6. The summed E-state index contributed by atoms with van der Waals surface area (Å²) in [5.41, 5.74) is 6.02. The first-order valence-corrected chi connectivity index (χ1v) is 9.49. The van der Waals surface area contributed by atoms with Crippen molar-refractivity contribution in [3.8, 4) is 0 Å². The van der Waals surface area contributed by atoms with Gasteiger partial charge >= 0.3 is 5.69 Å². The van der Waals surface area contributed by atoms with Crippen LogP contribution in [0.2, 0.25) is 0 Å². The van der Waals surface area contributed by atoms with Gasteiger partial charge in [-0.1, -0.05) is 18.2 Å². The van der Waals surface area contributed by atoms with Gasteiger partial charge in [0.15, 0.2) is 0 Å². The second-order valence-corrected chi connectivity index (χ2v) is 7.13. The lowest BCUT2D eigenvalue weighted by atomic mass is 9.82. The van der Waals surface area contributed by atoms with Gasteiger partial charge in [0.2, 0.25) is 11.8 Å². The average Bonchev–Trinajstić information content (AvgIpc) is 2.72. The van der Waals surface area contributed by atoms with Crippen molar-refractivity contribution in [2.45, 2.75) is 32.2 Å². The maximum atomic E-state index is 13.7. The predicted octanol–water partition coefficient (Wildman–Crippen LogP) is 3.31. The van der Waals surface area contributed by atoms with E-state index in [2.05, 4.69) is 20.6 Å². The number of halogens is 1. The number of hydrogen-bond donors (Lipinski definition) is 3. The number of nitrogens with one attached hydrogen (secondary N) is 2. The van der Waals surface area contributed by atoms with Crippen LogP contribution in [0.1, 0.15) is 31.2 Å². The van der Waals surface area contributed by atoms with Crippen molar-refractivity contribution in [3.05, 3.63) is 52.0 Å². The lowest BCUT2D eigenvalue weighted by molar-refractivity contribution is -0.384. The van der Waals surface area contributed by atoms with Gasteiger partial charge in [0.05, 0.1) is 4.92 Å². The Balaban J connectivity index is 1.64. The third-order valence-electron chi connectivity index (χ3n) is 5.22. The van der Waals surface area contributed by atoms with Crippen molar-refractivity contribution in [1.82, 2.24) is 9.97 Å². The van der Waals surface area contributed by atoms with Crippen molar-refractivity contribution in [2.75, 3.05) is 23.7 Å². The molecule has 0 bridgehead atoms. The number of nitro groups is 1. The van der Waals surface area contributed by atoms with E-state index < -0.39 is 4.92 Å². The fourth-order valence-electron chi connectivity index (χ4n) is 3.45. The summed E-state index contributed by atoms with van der Waals surface area (Å²) in [6, 6.07) is 6.39. The largest absolute Gasteiger partial charge is 0.364 e. The number of hydrogen-bond acceptors (Lipinski definition) is 7. The molecule has 4 N–H and O–H groups in total. The summed E-state index contributed by atoms with van der Waals surface area (Å²) in [6.07, 6.45) is 5.44. The molecule has 0 aliphatic heterocycles. The molecule has 0 saturated heterocycles. The van der Waals surface area contributed by atoms with Gasteiger partial charge in [0, 0.05) is 18.7 Å². The van der Waals surface area contributed by atoms with Gasteiger partial charge in [-0.25, -0.2) is 9.37 Å². The highest BCUT2D eigenvalue weighted by molar-refractivity contribution is 5.57. The summed E-state index contributed by atoms with van der Waals surface area (Å²) < 4.78 is 13.7. The monoisotopic (exact) mass is 388 g/mol. The first kappa shape index (κ1) is 19.9. The van der Waals surface area contributed by atoms with Crippen LogP contribution in [0.3, 0.4) is 0 Å². The van der Waals surface area contributed by atoms with Crippen LogP contribution in [0, 0.1) is 27.8 Å².